The normalized spacial score (nSPS) is 20.7. The molecule has 190 valence electrons. The van der Waals surface area contributed by atoms with E-state index in [-0.39, 0.29) is 17.9 Å². The number of nitrogens with zero attached hydrogens (tertiary/aromatic N) is 3. The summed E-state index contributed by atoms with van der Waals surface area (Å²) < 4.78 is 7.87. The fourth-order valence-electron chi connectivity index (χ4n) is 5.50. The number of para-hydroxylation sites is 1. The largest absolute Gasteiger partial charge is 0.491 e. The van der Waals surface area contributed by atoms with Crippen LogP contribution in [0.5, 0.6) is 5.75 Å². The van der Waals surface area contributed by atoms with E-state index in [0.717, 1.165) is 36.9 Å². The van der Waals surface area contributed by atoms with E-state index in [1.54, 1.807) is 12.1 Å². The van der Waals surface area contributed by atoms with Crippen LogP contribution in [0, 0.1) is 5.41 Å². The van der Waals surface area contributed by atoms with Gasteiger partial charge in [0.1, 0.15) is 12.4 Å². The minimum Gasteiger partial charge on any atom is -0.491 e. The summed E-state index contributed by atoms with van der Waals surface area (Å²) in [4.78, 5) is 33.3. The van der Waals surface area contributed by atoms with E-state index in [2.05, 4.69) is 16.4 Å². The Labute approximate surface area is 216 Å². The number of aromatic nitrogens is 2. The van der Waals surface area contributed by atoms with Crippen molar-refractivity contribution in [3.8, 4) is 5.75 Å². The fraction of sp³-hybridized carbons (Fsp3) is 0.464. The number of amides is 2. The molecule has 0 radical (unpaired) electrons. The maximum atomic E-state index is 13.5. The monoisotopic (exact) mass is 508 g/mol. The standard InChI is InChI=1S/C28H33ClN4O3/c1-19-18-36-24-9-4-3-7-20(24)8-5-6-12-28(27(35)30-19)13-15-33(16-14-28)26(34)25-31-22-17-21(29)10-11-23(22)32(25)2/h3-4,7,9-11,17,19H,5-6,8,12-16,18H2,1-2H3,(H,30,35)/t19-/m0/s1. The van der Waals surface area contributed by atoms with Gasteiger partial charge in [0.25, 0.3) is 5.91 Å². The average Bonchev–Trinajstić information content (AvgIpc) is 3.20. The van der Waals surface area contributed by atoms with Crippen LogP contribution in [0.4, 0.5) is 0 Å². The third kappa shape index (κ3) is 4.81. The van der Waals surface area contributed by atoms with Gasteiger partial charge >= 0.3 is 0 Å². The molecule has 1 atom stereocenters. The Morgan fingerprint density at radius 2 is 1.92 bits per heavy atom. The van der Waals surface area contributed by atoms with Crippen LogP contribution in [0.3, 0.4) is 0 Å². The van der Waals surface area contributed by atoms with Gasteiger partial charge in [-0.3, -0.25) is 9.59 Å². The van der Waals surface area contributed by atoms with Crippen LogP contribution >= 0.6 is 11.6 Å². The number of carbonyl (C=O) groups is 2. The van der Waals surface area contributed by atoms with Gasteiger partial charge in [-0.25, -0.2) is 4.98 Å². The van der Waals surface area contributed by atoms with Gasteiger partial charge in [0, 0.05) is 25.2 Å². The molecule has 2 amide bonds. The lowest BCUT2D eigenvalue weighted by Crippen LogP contribution is -2.52. The van der Waals surface area contributed by atoms with Gasteiger partial charge in [0.05, 0.1) is 22.5 Å². The highest BCUT2D eigenvalue weighted by atomic mass is 35.5. The van der Waals surface area contributed by atoms with Crippen molar-refractivity contribution in [1.82, 2.24) is 19.8 Å². The number of piperidine rings is 1. The molecule has 3 aromatic rings. The zero-order valence-corrected chi connectivity index (χ0v) is 21.7. The molecule has 2 aliphatic heterocycles. The molecule has 8 heteroatoms. The second kappa shape index (κ2) is 10.1. The number of likely N-dealkylation sites (tertiary alicyclic amines) is 1. The fourth-order valence-corrected chi connectivity index (χ4v) is 5.66. The SMILES string of the molecule is C[C@H]1COc2ccccc2CCCCC2(CCN(C(=O)c3nc4cc(Cl)ccc4n3C)CC2)C(=O)N1. The number of benzene rings is 2. The molecule has 2 aromatic carbocycles. The Morgan fingerprint density at radius 1 is 1.14 bits per heavy atom. The third-order valence-corrected chi connectivity index (χ3v) is 7.95. The van der Waals surface area contributed by atoms with Gasteiger partial charge in [0.2, 0.25) is 5.91 Å². The van der Waals surface area contributed by atoms with Crippen LogP contribution < -0.4 is 10.1 Å². The van der Waals surface area contributed by atoms with Crippen LogP contribution in [-0.2, 0) is 18.3 Å². The first-order valence-electron chi connectivity index (χ1n) is 12.8. The van der Waals surface area contributed by atoms with Gasteiger partial charge in [-0.15, -0.1) is 0 Å². The first kappa shape index (κ1) is 24.6. The smallest absolute Gasteiger partial charge is 0.289 e. The van der Waals surface area contributed by atoms with E-state index >= 15 is 0 Å². The molecule has 1 fully saturated rings. The highest BCUT2D eigenvalue weighted by molar-refractivity contribution is 6.31. The van der Waals surface area contributed by atoms with Crippen LogP contribution in [0.25, 0.3) is 11.0 Å². The predicted octanol–water partition coefficient (Wildman–Crippen LogP) is 4.76. The summed E-state index contributed by atoms with van der Waals surface area (Å²) in [7, 11) is 1.85. The van der Waals surface area contributed by atoms with Crippen molar-refractivity contribution in [2.24, 2.45) is 12.5 Å². The van der Waals surface area contributed by atoms with Gasteiger partial charge < -0.3 is 19.5 Å². The van der Waals surface area contributed by atoms with Crippen LogP contribution in [0.2, 0.25) is 5.02 Å². The molecular weight excluding hydrogens is 476 g/mol. The summed E-state index contributed by atoms with van der Waals surface area (Å²) in [5.41, 5.74) is 2.32. The molecule has 1 saturated heterocycles. The second-order valence-electron chi connectivity index (χ2n) is 10.2. The maximum Gasteiger partial charge on any atom is 0.289 e. The van der Waals surface area contributed by atoms with Crippen molar-refractivity contribution in [2.45, 2.75) is 51.5 Å². The van der Waals surface area contributed by atoms with E-state index in [1.165, 1.54) is 5.56 Å². The Balaban J connectivity index is 1.30. The number of ether oxygens (including phenoxy) is 1. The second-order valence-corrected chi connectivity index (χ2v) is 10.6. The van der Waals surface area contributed by atoms with E-state index < -0.39 is 5.41 Å². The number of fused-ring (bicyclic) bond motifs is 2. The van der Waals surface area contributed by atoms with E-state index in [0.29, 0.717) is 48.9 Å². The third-order valence-electron chi connectivity index (χ3n) is 7.71. The molecule has 0 unspecified atom stereocenters. The number of halogens is 1. The molecular formula is C28H33ClN4O3. The number of hydrogen-bond donors (Lipinski definition) is 1. The molecule has 5 rings (SSSR count). The summed E-state index contributed by atoms with van der Waals surface area (Å²) in [6.07, 6.45) is 4.99. The zero-order valence-electron chi connectivity index (χ0n) is 20.9. The summed E-state index contributed by atoms with van der Waals surface area (Å²) in [5.74, 6) is 1.28. The Kier molecular flexibility index (Phi) is 6.93. The molecule has 1 aromatic heterocycles. The van der Waals surface area contributed by atoms with Gasteiger partial charge in [-0.05, 0) is 68.9 Å². The first-order chi connectivity index (χ1) is 17.4. The molecule has 1 N–H and O–H groups in total. The molecule has 0 aliphatic carbocycles. The van der Waals surface area contributed by atoms with E-state index in [4.69, 9.17) is 16.3 Å². The van der Waals surface area contributed by atoms with Crippen molar-refractivity contribution in [2.75, 3.05) is 19.7 Å². The Bertz CT molecular complexity index is 1280. The Morgan fingerprint density at radius 3 is 2.72 bits per heavy atom. The summed E-state index contributed by atoms with van der Waals surface area (Å²) in [5, 5.41) is 3.79. The number of hydrogen-bond acceptors (Lipinski definition) is 4. The molecule has 3 heterocycles. The summed E-state index contributed by atoms with van der Waals surface area (Å²) >= 11 is 6.12. The van der Waals surface area contributed by atoms with Crippen molar-refractivity contribution in [3.05, 3.63) is 58.9 Å². The number of aryl methyl sites for hydroxylation is 2. The highest BCUT2D eigenvalue weighted by Crippen LogP contribution is 2.38. The number of nitrogens with one attached hydrogen (secondary N) is 1. The molecule has 2 aliphatic rings. The van der Waals surface area contributed by atoms with Gasteiger partial charge in [-0.1, -0.05) is 36.2 Å². The number of imidazole rings is 1. The maximum absolute atomic E-state index is 13.5. The lowest BCUT2D eigenvalue weighted by Gasteiger charge is -2.41. The van der Waals surface area contributed by atoms with Crippen LogP contribution in [0.1, 0.15) is 55.2 Å². The average molecular weight is 509 g/mol. The minimum atomic E-state index is -0.469. The lowest BCUT2D eigenvalue weighted by atomic mass is 9.73. The van der Waals surface area contributed by atoms with Crippen LogP contribution in [0.15, 0.2) is 42.5 Å². The van der Waals surface area contributed by atoms with E-state index in [9.17, 15) is 9.59 Å². The number of carbonyl (C=O) groups excluding carboxylic acids is 2. The van der Waals surface area contributed by atoms with Gasteiger partial charge in [-0.2, -0.15) is 0 Å². The molecule has 0 saturated carbocycles. The summed E-state index contributed by atoms with van der Waals surface area (Å²) in [6.45, 7) is 3.48. The quantitative estimate of drug-likeness (QED) is 0.514. The summed E-state index contributed by atoms with van der Waals surface area (Å²) in [6, 6.07) is 13.5. The molecule has 36 heavy (non-hydrogen) atoms. The van der Waals surface area contributed by atoms with E-state index in [1.807, 2.05) is 47.7 Å². The molecule has 0 bridgehead atoms. The topological polar surface area (TPSA) is 76.5 Å². The van der Waals surface area contributed by atoms with Crippen molar-refractivity contribution >= 4 is 34.4 Å². The molecule has 7 nitrogen and oxygen atoms in total. The lowest BCUT2D eigenvalue weighted by molar-refractivity contribution is -0.135. The van der Waals surface area contributed by atoms with Crippen molar-refractivity contribution in [1.29, 1.82) is 0 Å². The predicted molar refractivity (Wildman–Crippen MR) is 140 cm³/mol. The van der Waals surface area contributed by atoms with Crippen LogP contribution in [-0.4, -0.2) is 52.0 Å². The van der Waals surface area contributed by atoms with Crippen molar-refractivity contribution in [3.63, 3.8) is 0 Å². The van der Waals surface area contributed by atoms with Gasteiger partial charge in [0.15, 0.2) is 5.82 Å². The zero-order chi connectivity index (χ0) is 25.3. The first-order valence-corrected chi connectivity index (χ1v) is 13.2. The van der Waals surface area contributed by atoms with Crippen molar-refractivity contribution < 1.29 is 14.3 Å². The Hall–Kier alpha value is -3.06. The molecule has 1 spiro atoms. The number of rotatable bonds is 1. The minimum absolute atomic E-state index is 0.0805. The highest BCUT2D eigenvalue weighted by Gasteiger charge is 2.42.